The summed E-state index contributed by atoms with van der Waals surface area (Å²) in [5.74, 6) is -3.87. The second-order valence-electron chi connectivity index (χ2n) is 11.6. The van der Waals surface area contributed by atoms with Crippen LogP contribution < -0.4 is 5.73 Å². The van der Waals surface area contributed by atoms with E-state index in [0.717, 1.165) is 0 Å². The quantitative estimate of drug-likeness (QED) is 0.0840. The van der Waals surface area contributed by atoms with Gasteiger partial charge in [0.05, 0.1) is 26.4 Å². The molecule has 23 heteroatoms. The number of aliphatic hydroxyl groups excluding tert-OH is 10. The van der Waals surface area contributed by atoms with Crippen LogP contribution in [0.1, 0.15) is 0 Å². The van der Waals surface area contributed by atoms with Crippen LogP contribution >= 0.6 is 0 Å². The van der Waals surface area contributed by atoms with E-state index in [1.165, 1.54) is 0 Å². The Kier molecular flexibility index (Phi) is 13.6. The second-order valence-corrected chi connectivity index (χ2v) is 11.6. The average Bonchev–Trinajstić information content (AvgIpc) is 3.06. The molecule has 4 rings (SSSR count). The van der Waals surface area contributed by atoms with Crippen molar-refractivity contribution in [2.75, 3.05) is 26.4 Å². The van der Waals surface area contributed by atoms with Gasteiger partial charge in [0.15, 0.2) is 18.9 Å². The molecule has 0 saturated carbocycles. The molecular formula is C26H41NO22. The zero-order chi connectivity index (χ0) is 36.3. The third kappa shape index (κ3) is 8.80. The molecule has 4 aliphatic rings. The van der Waals surface area contributed by atoms with E-state index in [4.69, 9.17) is 48.7 Å². The number of hydrogen-bond acceptors (Lipinski definition) is 21. The molecular weight excluding hydrogens is 678 g/mol. The molecule has 4 aliphatic heterocycles. The highest BCUT2D eigenvalue weighted by atomic mass is 16.8. The molecule has 23 nitrogen and oxygen atoms in total. The molecule has 0 spiro atoms. The monoisotopic (exact) mass is 719 g/mol. The van der Waals surface area contributed by atoms with Crippen molar-refractivity contribution in [2.45, 2.75) is 111 Å². The van der Waals surface area contributed by atoms with Crippen LogP contribution in [0.5, 0.6) is 0 Å². The van der Waals surface area contributed by atoms with E-state index < -0.39 is 155 Å². The first-order valence-corrected chi connectivity index (χ1v) is 14.9. The minimum atomic E-state index is -2.09. The van der Waals surface area contributed by atoms with Gasteiger partial charge in [-0.1, -0.05) is 0 Å². The van der Waals surface area contributed by atoms with Crippen LogP contribution in [0.15, 0.2) is 11.8 Å². The summed E-state index contributed by atoms with van der Waals surface area (Å²) in [4.78, 5) is 22.3. The smallest absolute Gasteiger partial charge is 0.371 e. The summed E-state index contributed by atoms with van der Waals surface area (Å²) in [5, 5.41) is 123. The Balaban J connectivity index is 1.46. The predicted molar refractivity (Wildman–Crippen MR) is 146 cm³/mol. The molecule has 0 bridgehead atoms. The Hall–Kier alpha value is -2.24. The van der Waals surface area contributed by atoms with Crippen molar-refractivity contribution in [3.05, 3.63) is 11.8 Å². The first-order valence-electron chi connectivity index (χ1n) is 14.9. The zero-order valence-electron chi connectivity index (χ0n) is 25.3. The van der Waals surface area contributed by atoms with Crippen molar-refractivity contribution in [3.8, 4) is 0 Å². The van der Waals surface area contributed by atoms with Crippen molar-refractivity contribution < 1.29 is 109 Å². The van der Waals surface area contributed by atoms with E-state index in [9.17, 15) is 65.8 Å². The molecule has 0 aromatic rings. The van der Waals surface area contributed by atoms with E-state index in [1.807, 2.05) is 0 Å². The normalized spacial score (nSPS) is 45.2. The number of carbonyl (C=O) groups is 2. The van der Waals surface area contributed by atoms with E-state index >= 15 is 0 Å². The standard InChI is InChI=1S/C26H41NO22/c27-6(21(38)39)4-42-23-16(35)13(32)11(5-43-23)47-25-17(36)19(14(33)9(2-28)45-25)49-26-18(37)20(15(34)10(3-29)46-26)48-24-12(31)7(30)1-8(44-24)22(40)41/h1,6-7,9-20,23-26,28-37H,2-5,27H2,(H,38,39)(H,40,41)/t6?,7-,9?,10?,11+,12+,13-,14-,15-,16+,17+,18+,19-,20-,23?,24-,25?,26-/m0/s1. The Morgan fingerprint density at radius 3 is 1.78 bits per heavy atom. The van der Waals surface area contributed by atoms with E-state index in [0.29, 0.717) is 6.08 Å². The van der Waals surface area contributed by atoms with Crippen LogP contribution in [0.3, 0.4) is 0 Å². The van der Waals surface area contributed by atoms with Gasteiger partial charge in [-0.25, -0.2) is 4.79 Å². The minimum absolute atomic E-state index is 0.516. The summed E-state index contributed by atoms with van der Waals surface area (Å²) in [6.07, 6.45) is -30.1. The van der Waals surface area contributed by atoms with Crippen molar-refractivity contribution in [3.63, 3.8) is 0 Å². The van der Waals surface area contributed by atoms with Gasteiger partial charge in [-0.15, -0.1) is 0 Å². The maximum absolute atomic E-state index is 11.4. The largest absolute Gasteiger partial charge is 0.480 e. The zero-order valence-corrected chi connectivity index (χ0v) is 25.3. The number of hydrogen-bond donors (Lipinski definition) is 13. The highest BCUT2D eigenvalue weighted by Crippen LogP contribution is 2.33. The van der Waals surface area contributed by atoms with Crippen molar-refractivity contribution in [1.82, 2.24) is 0 Å². The molecule has 18 atom stereocenters. The van der Waals surface area contributed by atoms with E-state index in [2.05, 4.69) is 0 Å². The summed E-state index contributed by atoms with van der Waals surface area (Å²) < 4.78 is 42.9. The van der Waals surface area contributed by atoms with E-state index in [1.54, 1.807) is 0 Å². The molecule has 49 heavy (non-hydrogen) atoms. The number of aliphatic hydroxyl groups is 10. The average molecular weight is 720 g/mol. The molecule has 0 aliphatic carbocycles. The topological polar surface area (TPSA) is 377 Å². The van der Waals surface area contributed by atoms with Crippen molar-refractivity contribution in [2.24, 2.45) is 5.73 Å². The number of carboxylic acids is 2. The lowest BCUT2D eigenvalue weighted by Crippen LogP contribution is -2.66. The van der Waals surface area contributed by atoms with Crippen LogP contribution in [-0.2, 0) is 47.5 Å². The molecule has 282 valence electrons. The highest BCUT2D eigenvalue weighted by molar-refractivity contribution is 5.84. The second kappa shape index (κ2) is 16.9. The molecule has 3 fully saturated rings. The highest BCUT2D eigenvalue weighted by Gasteiger charge is 2.54. The summed E-state index contributed by atoms with van der Waals surface area (Å²) >= 11 is 0. The van der Waals surface area contributed by atoms with Crippen LogP contribution in [0.2, 0.25) is 0 Å². The summed E-state index contributed by atoms with van der Waals surface area (Å²) in [6, 6.07) is -1.46. The third-order valence-electron chi connectivity index (χ3n) is 8.13. The Morgan fingerprint density at radius 1 is 0.735 bits per heavy atom. The van der Waals surface area contributed by atoms with Crippen LogP contribution in [0.4, 0.5) is 0 Å². The lowest BCUT2D eigenvalue weighted by atomic mass is 9.96. The lowest BCUT2D eigenvalue weighted by molar-refractivity contribution is -0.380. The van der Waals surface area contributed by atoms with Gasteiger partial charge < -0.3 is 105 Å². The van der Waals surface area contributed by atoms with Crippen LogP contribution in [-0.4, -0.2) is 210 Å². The third-order valence-corrected chi connectivity index (χ3v) is 8.13. The number of carboxylic acid groups (broad SMARTS) is 2. The molecule has 14 N–H and O–H groups in total. The fourth-order valence-corrected chi connectivity index (χ4v) is 5.32. The van der Waals surface area contributed by atoms with Gasteiger partial charge in [0.2, 0.25) is 12.0 Å². The maximum Gasteiger partial charge on any atom is 0.371 e. The van der Waals surface area contributed by atoms with E-state index in [-0.39, 0.29) is 0 Å². The van der Waals surface area contributed by atoms with Crippen LogP contribution in [0.25, 0.3) is 0 Å². The molecule has 3 saturated heterocycles. The number of rotatable bonds is 13. The fraction of sp³-hybridized carbons (Fsp3) is 0.846. The van der Waals surface area contributed by atoms with Gasteiger partial charge in [-0.2, -0.15) is 0 Å². The molecule has 0 amide bonds. The number of nitrogens with two attached hydrogens (primary N) is 1. The maximum atomic E-state index is 11.4. The van der Waals surface area contributed by atoms with Crippen molar-refractivity contribution in [1.29, 1.82) is 0 Å². The molecule has 0 aromatic heterocycles. The van der Waals surface area contributed by atoms with Gasteiger partial charge in [-0.3, -0.25) is 4.79 Å². The Labute approximate surface area is 275 Å². The molecule has 0 aromatic carbocycles. The Bertz CT molecular complexity index is 1150. The lowest BCUT2D eigenvalue weighted by Gasteiger charge is -2.48. The predicted octanol–water partition coefficient (Wildman–Crippen LogP) is -8.43. The minimum Gasteiger partial charge on any atom is -0.480 e. The first-order chi connectivity index (χ1) is 23.1. The summed E-state index contributed by atoms with van der Waals surface area (Å²) in [5.41, 5.74) is 5.35. The number of aliphatic carboxylic acids is 2. The fourth-order valence-electron chi connectivity index (χ4n) is 5.32. The first kappa shape index (κ1) is 39.5. The molecule has 4 heterocycles. The Morgan fingerprint density at radius 2 is 1.27 bits per heavy atom. The summed E-state index contributed by atoms with van der Waals surface area (Å²) in [6.45, 7) is -2.92. The molecule has 5 unspecified atom stereocenters. The summed E-state index contributed by atoms with van der Waals surface area (Å²) in [7, 11) is 0. The SMILES string of the molecule is NC(COC1OC[C@@H](OC2OC(CO)[C@H](O)[C@H](O[C@@H]3OC(CO)[C@H](O)[C@H](O[C@@H]4OC(C(=O)O)=C[C@H](O)[C@H]4O)[C@H]3O)[C@H]2O)[C@H](O)[C@H]1O)C(=O)O. The van der Waals surface area contributed by atoms with Gasteiger partial charge in [0.1, 0.15) is 85.4 Å². The van der Waals surface area contributed by atoms with Gasteiger partial charge >= 0.3 is 11.9 Å². The van der Waals surface area contributed by atoms with Gasteiger partial charge in [-0.05, 0) is 6.08 Å². The number of ether oxygens (including phenoxy) is 8. The van der Waals surface area contributed by atoms with Crippen LogP contribution in [0, 0.1) is 0 Å². The van der Waals surface area contributed by atoms with Crippen molar-refractivity contribution >= 4 is 11.9 Å². The molecule has 0 radical (unpaired) electrons. The van der Waals surface area contributed by atoms with Gasteiger partial charge in [0, 0.05) is 0 Å². The van der Waals surface area contributed by atoms with Gasteiger partial charge in [0.25, 0.3) is 0 Å².